The number of aromatic nitrogens is 3. The molecule has 218 valence electrons. The van der Waals surface area contributed by atoms with Crippen LogP contribution in [0.2, 0.25) is 0 Å². The molecule has 1 aliphatic rings. The van der Waals surface area contributed by atoms with E-state index in [-0.39, 0.29) is 5.41 Å². The number of hydrogen-bond donors (Lipinski definition) is 0. The summed E-state index contributed by atoms with van der Waals surface area (Å²) in [6.45, 7) is 4.75. The molecule has 0 N–H and O–H groups in total. The van der Waals surface area contributed by atoms with Gasteiger partial charge in [-0.3, -0.25) is 0 Å². The van der Waals surface area contributed by atoms with Gasteiger partial charge in [-0.05, 0) is 58.1 Å². The molecule has 0 atom stereocenters. The third-order valence-corrected chi connectivity index (χ3v) is 9.64. The van der Waals surface area contributed by atoms with Crippen molar-refractivity contribution in [3.63, 3.8) is 0 Å². The van der Waals surface area contributed by atoms with Crippen molar-refractivity contribution in [2.24, 2.45) is 0 Å². The molecule has 46 heavy (non-hydrogen) atoms. The largest absolute Gasteiger partial charge is 0.309 e. The summed E-state index contributed by atoms with van der Waals surface area (Å²) in [4.78, 5) is 9.66. The van der Waals surface area contributed by atoms with E-state index in [1.54, 1.807) is 0 Å². The lowest BCUT2D eigenvalue weighted by Gasteiger charge is -2.22. The van der Waals surface area contributed by atoms with E-state index in [1.165, 1.54) is 49.6 Å². The lowest BCUT2D eigenvalue weighted by molar-refractivity contribution is 0.666. The van der Waals surface area contributed by atoms with Crippen molar-refractivity contribution in [2.75, 3.05) is 0 Å². The molecule has 1 aliphatic carbocycles. The minimum Gasteiger partial charge on any atom is -0.309 e. The summed E-state index contributed by atoms with van der Waals surface area (Å²) in [5.41, 5.74) is 14.2. The lowest BCUT2D eigenvalue weighted by atomic mass is 9.80. The summed E-state index contributed by atoms with van der Waals surface area (Å²) in [6, 6.07) is 52.0. The average molecular weight is 590 g/mol. The second-order valence-electron chi connectivity index (χ2n) is 12.6. The monoisotopic (exact) mass is 589 g/mol. The molecule has 3 nitrogen and oxygen atoms in total. The van der Waals surface area contributed by atoms with E-state index in [0.717, 1.165) is 33.9 Å². The molecule has 0 unspecified atom stereocenters. The van der Waals surface area contributed by atoms with Crippen LogP contribution in [0.15, 0.2) is 152 Å². The SMILES string of the molecule is CC1(C)c2ccccc2-c2ccc3c(c21)c1cccc(-c2cccc(-c4nccc(-c5ccccc5)n4)c2)c1n3-c1ccccc1. The standard InChI is InChI=1S/C43H31N3/c1-43(2)36-22-10-9-19-33(36)34-23-24-38-39(40(34)43)35-21-12-20-32(41(35)46(38)31-17-7-4-8-18-31)29-15-11-16-30(27-29)42-44-26-25-37(45-42)28-13-5-3-6-14-28/h3-27H,1-2H3. The van der Waals surface area contributed by atoms with E-state index >= 15 is 0 Å². The molecular formula is C43H31N3. The quantitative estimate of drug-likeness (QED) is 0.204. The Bertz CT molecular complexity index is 2440. The Morgan fingerprint density at radius 3 is 2.11 bits per heavy atom. The van der Waals surface area contributed by atoms with Crippen molar-refractivity contribution in [3.05, 3.63) is 163 Å². The number of rotatable bonds is 4. The van der Waals surface area contributed by atoms with E-state index in [1.807, 2.05) is 30.5 Å². The third-order valence-electron chi connectivity index (χ3n) is 9.64. The first-order chi connectivity index (χ1) is 22.6. The van der Waals surface area contributed by atoms with E-state index in [4.69, 9.17) is 9.97 Å². The number of fused-ring (bicyclic) bond motifs is 7. The van der Waals surface area contributed by atoms with Crippen LogP contribution in [0.25, 0.3) is 72.4 Å². The molecule has 0 spiro atoms. The Kier molecular flexibility index (Phi) is 5.85. The highest BCUT2D eigenvalue weighted by Gasteiger charge is 2.38. The summed E-state index contributed by atoms with van der Waals surface area (Å²) in [5, 5.41) is 2.59. The maximum absolute atomic E-state index is 4.97. The summed E-state index contributed by atoms with van der Waals surface area (Å²) >= 11 is 0. The van der Waals surface area contributed by atoms with Crippen molar-refractivity contribution in [3.8, 4) is 50.6 Å². The maximum Gasteiger partial charge on any atom is 0.159 e. The van der Waals surface area contributed by atoms with Gasteiger partial charge in [0.1, 0.15) is 0 Å². The normalized spacial score (nSPS) is 13.2. The average Bonchev–Trinajstić information content (AvgIpc) is 3.58. The van der Waals surface area contributed by atoms with Crippen LogP contribution in [0.1, 0.15) is 25.0 Å². The number of benzene rings is 6. The minimum absolute atomic E-state index is 0.127. The molecule has 0 saturated carbocycles. The third kappa shape index (κ3) is 3.92. The van der Waals surface area contributed by atoms with E-state index in [0.29, 0.717) is 0 Å². The van der Waals surface area contributed by atoms with Gasteiger partial charge in [-0.2, -0.15) is 0 Å². The highest BCUT2D eigenvalue weighted by Crippen LogP contribution is 2.53. The smallest absolute Gasteiger partial charge is 0.159 e. The predicted molar refractivity (Wildman–Crippen MR) is 190 cm³/mol. The van der Waals surface area contributed by atoms with E-state index < -0.39 is 0 Å². The zero-order valence-corrected chi connectivity index (χ0v) is 25.8. The first-order valence-corrected chi connectivity index (χ1v) is 15.8. The molecule has 0 fully saturated rings. The van der Waals surface area contributed by atoms with Gasteiger partial charge in [0.2, 0.25) is 0 Å². The van der Waals surface area contributed by atoms with Gasteiger partial charge in [0.25, 0.3) is 0 Å². The van der Waals surface area contributed by atoms with Crippen LogP contribution in [-0.4, -0.2) is 14.5 Å². The Morgan fingerprint density at radius 2 is 1.26 bits per heavy atom. The summed E-state index contributed by atoms with van der Waals surface area (Å²) in [7, 11) is 0. The van der Waals surface area contributed by atoms with Crippen molar-refractivity contribution in [2.45, 2.75) is 19.3 Å². The zero-order chi connectivity index (χ0) is 30.8. The second kappa shape index (κ2) is 10.1. The van der Waals surface area contributed by atoms with E-state index in [9.17, 15) is 0 Å². The first-order valence-electron chi connectivity index (χ1n) is 15.8. The molecule has 2 aromatic heterocycles. The van der Waals surface area contributed by atoms with Gasteiger partial charge in [-0.25, -0.2) is 9.97 Å². The molecule has 9 rings (SSSR count). The summed E-state index contributed by atoms with van der Waals surface area (Å²) in [6.07, 6.45) is 1.85. The van der Waals surface area contributed by atoms with Gasteiger partial charge in [-0.15, -0.1) is 0 Å². The van der Waals surface area contributed by atoms with Gasteiger partial charge in [0.15, 0.2) is 5.82 Å². The molecule has 0 radical (unpaired) electrons. The number of nitrogens with zero attached hydrogens (tertiary/aromatic N) is 3. The molecular weight excluding hydrogens is 558 g/mol. The first kappa shape index (κ1) is 26.6. The van der Waals surface area contributed by atoms with Crippen LogP contribution in [0.4, 0.5) is 0 Å². The lowest BCUT2D eigenvalue weighted by Crippen LogP contribution is -2.15. The van der Waals surface area contributed by atoms with Crippen molar-refractivity contribution in [1.82, 2.24) is 14.5 Å². The van der Waals surface area contributed by atoms with Crippen molar-refractivity contribution < 1.29 is 0 Å². The maximum atomic E-state index is 4.97. The Balaban J connectivity index is 1.31. The molecule has 0 bridgehead atoms. The highest BCUT2D eigenvalue weighted by molar-refractivity contribution is 6.17. The Morgan fingerprint density at radius 1 is 0.565 bits per heavy atom. The summed E-state index contributed by atoms with van der Waals surface area (Å²) < 4.78 is 2.46. The van der Waals surface area contributed by atoms with Crippen molar-refractivity contribution in [1.29, 1.82) is 0 Å². The van der Waals surface area contributed by atoms with E-state index in [2.05, 4.69) is 140 Å². The fourth-order valence-electron chi connectivity index (χ4n) is 7.60. The summed E-state index contributed by atoms with van der Waals surface area (Å²) in [5.74, 6) is 0.719. The molecule has 8 aromatic rings. The van der Waals surface area contributed by atoms with Gasteiger partial charge < -0.3 is 4.57 Å². The van der Waals surface area contributed by atoms with Crippen LogP contribution in [0, 0.1) is 0 Å². The molecule has 0 amide bonds. The van der Waals surface area contributed by atoms with Gasteiger partial charge in [0, 0.05) is 44.8 Å². The van der Waals surface area contributed by atoms with Crippen LogP contribution in [-0.2, 0) is 5.41 Å². The second-order valence-corrected chi connectivity index (χ2v) is 12.6. The highest BCUT2D eigenvalue weighted by atomic mass is 15.0. The van der Waals surface area contributed by atoms with Crippen LogP contribution < -0.4 is 0 Å². The Labute approximate surface area is 268 Å². The van der Waals surface area contributed by atoms with Crippen LogP contribution in [0.3, 0.4) is 0 Å². The van der Waals surface area contributed by atoms with Crippen molar-refractivity contribution >= 4 is 21.8 Å². The number of hydrogen-bond acceptors (Lipinski definition) is 2. The van der Waals surface area contributed by atoms with Gasteiger partial charge >= 0.3 is 0 Å². The number of para-hydroxylation sites is 2. The van der Waals surface area contributed by atoms with Crippen LogP contribution >= 0.6 is 0 Å². The zero-order valence-electron chi connectivity index (χ0n) is 25.8. The molecule has 0 aliphatic heterocycles. The predicted octanol–water partition coefficient (Wildman–Crippen LogP) is 10.9. The van der Waals surface area contributed by atoms with Gasteiger partial charge in [0.05, 0.1) is 16.7 Å². The molecule has 2 heterocycles. The molecule has 0 saturated heterocycles. The molecule has 3 heteroatoms. The topological polar surface area (TPSA) is 30.7 Å². The fourth-order valence-corrected chi connectivity index (χ4v) is 7.60. The Hall–Kier alpha value is -5.80. The van der Waals surface area contributed by atoms with Crippen LogP contribution in [0.5, 0.6) is 0 Å². The minimum atomic E-state index is -0.127. The molecule has 6 aromatic carbocycles. The fraction of sp³-hybridized carbons (Fsp3) is 0.0698. The van der Waals surface area contributed by atoms with Gasteiger partial charge in [-0.1, -0.05) is 129 Å².